The molecule has 84 valence electrons. The average Bonchev–Trinajstić information content (AvgIpc) is 2.21. The van der Waals surface area contributed by atoms with Crippen LogP contribution in [0.2, 0.25) is 0 Å². The van der Waals surface area contributed by atoms with Crippen LogP contribution in [0.3, 0.4) is 0 Å². The average molecular weight is 238 g/mol. The molecule has 4 N–H and O–H groups in total. The van der Waals surface area contributed by atoms with E-state index in [1.807, 2.05) is 0 Å². The van der Waals surface area contributed by atoms with Crippen LogP contribution in [0.15, 0.2) is 30.5 Å². The fourth-order valence-electron chi connectivity index (χ4n) is 1.42. The lowest BCUT2D eigenvalue weighted by Gasteiger charge is -2.20. The van der Waals surface area contributed by atoms with E-state index >= 15 is 0 Å². The number of nitrogens with zero attached hydrogens (tertiary/aromatic N) is 1. The molecule has 1 heterocycles. The molecule has 0 fully saturated rings. The molecule has 1 unspecified atom stereocenters. The van der Waals surface area contributed by atoms with Crippen molar-refractivity contribution in [3.63, 3.8) is 0 Å². The minimum Gasteiger partial charge on any atom is -0.772 e. The summed E-state index contributed by atoms with van der Waals surface area (Å²) in [7, 11) is -4.13. The van der Waals surface area contributed by atoms with Gasteiger partial charge in [-0.3, -0.25) is 15.1 Å². The van der Waals surface area contributed by atoms with Crippen LogP contribution in [-0.2, 0) is 4.57 Å². The number of pyridine rings is 1. The third-order valence-electron chi connectivity index (χ3n) is 2.02. The first-order valence-electron chi connectivity index (χ1n) is 4.42. The van der Waals surface area contributed by atoms with E-state index in [1.54, 1.807) is 12.1 Å². The first-order valence-corrected chi connectivity index (χ1v) is 6.11. The standard InChI is InChI=1S/C9H10N3O3P/c10-16(14,15)12-7-3-4-8(13)6-2-1-5-11-9(6)7/h1-5,13H,(H4,10,12,14,15)/p-1. The molecule has 0 spiro atoms. The molecule has 1 aromatic carbocycles. The predicted octanol–water partition coefficient (Wildman–Crippen LogP) is 0.779. The maximum atomic E-state index is 10.9. The topological polar surface area (TPSA) is 111 Å². The van der Waals surface area contributed by atoms with Crippen LogP contribution in [-0.4, -0.2) is 10.1 Å². The monoisotopic (exact) mass is 238 g/mol. The van der Waals surface area contributed by atoms with Crippen LogP contribution in [0.5, 0.6) is 5.75 Å². The van der Waals surface area contributed by atoms with E-state index in [2.05, 4.69) is 10.1 Å². The van der Waals surface area contributed by atoms with E-state index in [1.165, 1.54) is 18.3 Å². The van der Waals surface area contributed by atoms with Gasteiger partial charge < -0.3 is 15.1 Å². The molecule has 7 heteroatoms. The number of anilines is 1. The zero-order valence-electron chi connectivity index (χ0n) is 8.12. The number of hydrogen-bond acceptors (Lipinski definition) is 4. The summed E-state index contributed by atoms with van der Waals surface area (Å²) in [5, 5.41) is 12.2. The molecule has 6 nitrogen and oxygen atoms in total. The maximum absolute atomic E-state index is 10.9. The second kappa shape index (κ2) is 3.75. The number of phenols is 1. The van der Waals surface area contributed by atoms with E-state index in [0.29, 0.717) is 10.9 Å². The summed E-state index contributed by atoms with van der Waals surface area (Å²) in [6, 6.07) is 6.06. The third kappa shape index (κ3) is 2.14. The van der Waals surface area contributed by atoms with Gasteiger partial charge in [-0.05, 0) is 24.3 Å². The molecule has 0 amide bonds. The van der Waals surface area contributed by atoms with Crippen LogP contribution >= 0.6 is 7.67 Å². The molecule has 0 saturated carbocycles. The van der Waals surface area contributed by atoms with Crippen molar-refractivity contribution in [3.8, 4) is 5.75 Å². The highest BCUT2D eigenvalue weighted by molar-refractivity contribution is 7.55. The number of nitrogens with one attached hydrogen (secondary N) is 1. The van der Waals surface area contributed by atoms with Crippen LogP contribution in [0.1, 0.15) is 0 Å². The van der Waals surface area contributed by atoms with Gasteiger partial charge in [-0.15, -0.1) is 0 Å². The molecular weight excluding hydrogens is 229 g/mol. The van der Waals surface area contributed by atoms with Gasteiger partial charge in [0.2, 0.25) is 0 Å². The number of fused-ring (bicyclic) bond motifs is 1. The lowest BCUT2D eigenvalue weighted by molar-refractivity contribution is -0.173. The zero-order valence-corrected chi connectivity index (χ0v) is 9.02. The van der Waals surface area contributed by atoms with Crippen molar-refractivity contribution in [2.45, 2.75) is 0 Å². The van der Waals surface area contributed by atoms with E-state index in [4.69, 9.17) is 5.50 Å². The number of aromatic hydroxyl groups is 1. The summed E-state index contributed by atoms with van der Waals surface area (Å²) in [5.74, 6) is 0.0337. The van der Waals surface area contributed by atoms with E-state index in [0.717, 1.165) is 0 Å². The van der Waals surface area contributed by atoms with Gasteiger partial charge in [-0.25, -0.2) is 0 Å². The Kier molecular flexibility index (Phi) is 2.55. The number of aromatic nitrogens is 1. The van der Waals surface area contributed by atoms with Gasteiger partial charge in [0.25, 0.3) is 0 Å². The molecule has 0 aliphatic heterocycles. The normalized spacial score (nSPS) is 14.6. The van der Waals surface area contributed by atoms with Gasteiger partial charge in [0.15, 0.2) is 7.67 Å². The molecule has 16 heavy (non-hydrogen) atoms. The van der Waals surface area contributed by atoms with Gasteiger partial charge in [0.05, 0.1) is 11.2 Å². The molecule has 0 radical (unpaired) electrons. The fraction of sp³-hybridized carbons (Fsp3) is 0. The number of phenolic OH excluding ortho intramolecular Hbond substituents is 1. The molecule has 0 saturated heterocycles. The number of nitrogens with two attached hydrogens (primary N) is 1. The Hall–Kier alpha value is -1.62. The summed E-state index contributed by atoms with van der Waals surface area (Å²) in [6.07, 6.45) is 1.50. The molecule has 0 aliphatic carbocycles. The smallest absolute Gasteiger partial charge is 0.165 e. The Bertz CT molecular complexity index is 581. The summed E-state index contributed by atoms with van der Waals surface area (Å²) in [6.45, 7) is 0. The Balaban J connectivity index is 2.63. The fourth-order valence-corrected chi connectivity index (χ4v) is 1.93. The predicted molar refractivity (Wildman–Crippen MR) is 58.8 cm³/mol. The minimum absolute atomic E-state index is 0.0337. The Morgan fingerprint density at radius 1 is 1.44 bits per heavy atom. The first kappa shape index (κ1) is 10.9. The van der Waals surface area contributed by atoms with Crippen molar-refractivity contribution in [1.82, 2.24) is 4.98 Å². The highest BCUT2D eigenvalue weighted by Crippen LogP contribution is 2.34. The SMILES string of the molecule is NP(=O)([O-])Nc1ccc(O)c2cccnc12. The van der Waals surface area contributed by atoms with E-state index in [-0.39, 0.29) is 11.4 Å². The van der Waals surface area contributed by atoms with E-state index in [9.17, 15) is 14.6 Å². The quantitative estimate of drug-likeness (QED) is 0.526. The van der Waals surface area contributed by atoms with Crippen LogP contribution in [0.25, 0.3) is 10.9 Å². The molecule has 0 aliphatic rings. The molecular formula is C9H9N3O3P-. The van der Waals surface area contributed by atoms with Crippen molar-refractivity contribution in [3.05, 3.63) is 30.5 Å². The van der Waals surface area contributed by atoms with Crippen LogP contribution < -0.4 is 15.5 Å². The Morgan fingerprint density at radius 2 is 2.19 bits per heavy atom. The molecule has 1 aromatic heterocycles. The number of benzene rings is 1. The summed E-state index contributed by atoms with van der Waals surface area (Å²) >= 11 is 0. The molecule has 2 rings (SSSR count). The van der Waals surface area contributed by atoms with Crippen molar-refractivity contribution in [1.29, 1.82) is 0 Å². The summed E-state index contributed by atoms with van der Waals surface area (Å²) in [4.78, 5) is 14.9. The highest BCUT2D eigenvalue weighted by atomic mass is 31.2. The largest absolute Gasteiger partial charge is 0.772 e. The maximum Gasteiger partial charge on any atom is 0.165 e. The Labute approximate surface area is 91.3 Å². The van der Waals surface area contributed by atoms with Gasteiger partial charge in [0, 0.05) is 11.6 Å². The van der Waals surface area contributed by atoms with Crippen molar-refractivity contribution in [2.24, 2.45) is 5.50 Å². The van der Waals surface area contributed by atoms with Gasteiger partial charge in [-0.1, -0.05) is 0 Å². The van der Waals surface area contributed by atoms with Crippen molar-refractivity contribution in [2.75, 3.05) is 5.09 Å². The second-order valence-electron chi connectivity index (χ2n) is 3.24. The number of rotatable bonds is 2. The Morgan fingerprint density at radius 3 is 2.88 bits per heavy atom. The van der Waals surface area contributed by atoms with E-state index < -0.39 is 7.67 Å². The summed E-state index contributed by atoms with van der Waals surface area (Å²) in [5.41, 5.74) is 5.49. The first-order chi connectivity index (χ1) is 7.47. The lowest BCUT2D eigenvalue weighted by Crippen LogP contribution is -2.17. The molecule has 2 aromatic rings. The second-order valence-corrected chi connectivity index (χ2v) is 4.66. The third-order valence-corrected chi connectivity index (χ3v) is 2.58. The lowest BCUT2D eigenvalue weighted by atomic mass is 10.2. The highest BCUT2D eigenvalue weighted by Gasteiger charge is 2.08. The number of hydrogen-bond donors (Lipinski definition) is 3. The van der Waals surface area contributed by atoms with Crippen molar-refractivity contribution >= 4 is 24.3 Å². The van der Waals surface area contributed by atoms with Gasteiger partial charge in [-0.2, -0.15) is 0 Å². The van der Waals surface area contributed by atoms with Gasteiger partial charge in [0.1, 0.15) is 5.75 Å². The molecule has 0 bridgehead atoms. The molecule has 1 atom stereocenters. The van der Waals surface area contributed by atoms with Crippen LogP contribution in [0, 0.1) is 0 Å². The van der Waals surface area contributed by atoms with Crippen molar-refractivity contribution < 1.29 is 14.6 Å². The zero-order chi connectivity index (χ0) is 11.8. The summed E-state index contributed by atoms with van der Waals surface area (Å²) < 4.78 is 10.9. The minimum atomic E-state index is -4.13. The van der Waals surface area contributed by atoms with Gasteiger partial charge >= 0.3 is 0 Å². The van der Waals surface area contributed by atoms with Crippen LogP contribution in [0.4, 0.5) is 5.69 Å².